The number of fused-ring (bicyclic) bond motifs is 1. The summed E-state index contributed by atoms with van der Waals surface area (Å²) in [5.41, 5.74) is 2.98. The minimum Gasteiger partial charge on any atom is -0.441 e. The summed E-state index contributed by atoms with van der Waals surface area (Å²) in [6, 6.07) is 6.77. The predicted molar refractivity (Wildman–Crippen MR) is 77.5 cm³/mol. The van der Waals surface area contributed by atoms with Crippen LogP contribution < -0.4 is 5.32 Å². The maximum atomic E-state index is 5.63. The van der Waals surface area contributed by atoms with Gasteiger partial charge < -0.3 is 14.6 Å². The molecule has 0 bridgehead atoms. The van der Waals surface area contributed by atoms with Gasteiger partial charge in [-0.2, -0.15) is 0 Å². The topological polar surface area (TPSA) is 41.3 Å². The molecule has 4 nitrogen and oxygen atoms in total. The van der Waals surface area contributed by atoms with Crippen molar-refractivity contribution in [3.8, 4) is 0 Å². The van der Waals surface area contributed by atoms with Gasteiger partial charge in [0.25, 0.3) is 0 Å². The van der Waals surface area contributed by atoms with Gasteiger partial charge in [0.15, 0.2) is 11.5 Å². The number of piperidine rings is 1. The van der Waals surface area contributed by atoms with Crippen LogP contribution in [0.5, 0.6) is 0 Å². The number of anilines is 1. The number of nitrogens with one attached hydrogen (secondary N) is 1. The number of hydrogen-bond donors (Lipinski definition) is 1. The zero-order valence-corrected chi connectivity index (χ0v) is 11.6. The van der Waals surface area contributed by atoms with Gasteiger partial charge in [0.1, 0.15) is 5.52 Å². The number of nitrogens with zero attached hydrogens (tertiary/aromatic N) is 2. The number of oxazole rings is 1. The average Bonchev–Trinajstić information content (AvgIpc) is 2.83. The van der Waals surface area contributed by atoms with E-state index < -0.39 is 0 Å². The van der Waals surface area contributed by atoms with Crippen LogP contribution in [-0.2, 0) is 6.42 Å². The maximum absolute atomic E-state index is 5.63. The van der Waals surface area contributed by atoms with E-state index in [1.165, 1.54) is 25.9 Å². The molecule has 0 unspecified atom stereocenters. The first kappa shape index (κ1) is 12.5. The molecule has 3 rings (SSSR count). The van der Waals surface area contributed by atoms with E-state index in [1.807, 2.05) is 6.07 Å². The van der Waals surface area contributed by atoms with Gasteiger partial charge in [0, 0.05) is 18.2 Å². The molecule has 102 valence electrons. The van der Waals surface area contributed by atoms with Gasteiger partial charge in [-0.3, -0.25) is 0 Å². The molecular formula is C15H21N3O. The van der Waals surface area contributed by atoms with E-state index in [0.717, 1.165) is 29.1 Å². The number of aromatic nitrogens is 1. The summed E-state index contributed by atoms with van der Waals surface area (Å²) >= 11 is 0. The van der Waals surface area contributed by atoms with Crippen molar-refractivity contribution in [1.29, 1.82) is 0 Å². The van der Waals surface area contributed by atoms with Crippen LogP contribution in [0.4, 0.5) is 5.69 Å². The molecule has 1 aromatic carbocycles. The van der Waals surface area contributed by atoms with Crippen LogP contribution in [0.25, 0.3) is 11.1 Å². The van der Waals surface area contributed by atoms with Gasteiger partial charge in [0.2, 0.25) is 0 Å². The van der Waals surface area contributed by atoms with Gasteiger partial charge in [-0.1, -0.05) is 6.92 Å². The number of likely N-dealkylation sites (tertiary alicyclic amines) is 1. The fourth-order valence-corrected chi connectivity index (χ4v) is 2.60. The van der Waals surface area contributed by atoms with E-state index in [4.69, 9.17) is 4.42 Å². The molecule has 2 heterocycles. The second-order valence-electron chi connectivity index (χ2n) is 5.37. The van der Waals surface area contributed by atoms with Crippen molar-refractivity contribution in [1.82, 2.24) is 9.88 Å². The van der Waals surface area contributed by atoms with Crippen molar-refractivity contribution >= 4 is 16.8 Å². The average molecular weight is 259 g/mol. The molecule has 1 aromatic heterocycles. The smallest absolute Gasteiger partial charge is 0.195 e. The molecule has 0 atom stereocenters. The lowest BCUT2D eigenvalue weighted by Gasteiger charge is -2.30. The molecule has 1 aliphatic heterocycles. The maximum Gasteiger partial charge on any atom is 0.195 e. The van der Waals surface area contributed by atoms with Gasteiger partial charge >= 0.3 is 0 Å². The largest absolute Gasteiger partial charge is 0.441 e. The van der Waals surface area contributed by atoms with Crippen LogP contribution in [0.2, 0.25) is 0 Å². The Morgan fingerprint density at radius 2 is 2.16 bits per heavy atom. The van der Waals surface area contributed by atoms with Crippen molar-refractivity contribution in [3.63, 3.8) is 0 Å². The third-order valence-electron chi connectivity index (χ3n) is 3.82. The quantitative estimate of drug-likeness (QED) is 0.920. The molecule has 2 aromatic rings. The summed E-state index contributed by atoms with van der Waals surface area (Å²) in [5, 5.41) is 3.61. The van der Waals surface area contributed by atoms with E-state index in [2.05, 4.69) is 41.3 Å². The van der Waals surface area contributed by atoms with E-state index in [0.29, 0.717) is 6.04 Å². The molecule has 19 heavy (non-hydrogen) atoms. The van der Waals surface area contributed by atoms with Crippen LogP contribution >= 0.6 is 0 Å². The first-order valence-corrected chi connectivity index (χ1v) is 7.09. The van der Waals surface area contributed by atoms with Gasteiger partial charge in [-0.25, -0.2) is 4.98 Å². The van der Waals surface area contributed by atoms with E-state index in [1.54, 1.807) is 0 Å². The summed E-state index contributed by atoms with van der Waals surface area (Å²) in [5.74, 6) is 0.812. The predicted octanol–water partition coefficient (Wildman–Crippen LogP) is 2.90. The number of benzene rings is 1. The highest BCUT2D eigenvalue weighted by molar-refractivity contribution is 5.77. The third kappa shape index (κ3) is 2.73. The SMILES string of the molecule is CCc1nc2cc(NC3CCN(C)CC3)ccc2o1. The number of rotatable bonds is 3. The Kier molecular flexibility index (Phi) is 3.42. The van der Waals surface area contributed by atoms with E-state index in [9.17, 15) is 0 Å². The Hall–Kier alpha value is -1.55. The minimum absolute atomic E-state index is 0.575. The van der Waals surface area contributed by atoms with E-state index >= 15 is 0 Å². The fourth-order valence-electron chi connectivity index (χ4n) is 2.60. The lowest BCUT2D eigenvalue weighted by molar-refractivity contribution is 0.264. The Balaban J connectivity index is 1.74. The van der Waals surface area contributed by atoms with Crippen LogP contribution in [0, 0.1) is 0 Å². The molecule has 0 radical (unpaired) electrons. The fraction of sp³-hybridized carbons (Fsp3) is 0.533. The standard InChI is InChI=1S/C15H21N3O/c1-3-15-17-13-10-12(4-5-14(13)19-15)16-11-6-8-18(2)9-7-11/h4-5,10-11,16H,3,6-9H2,1-2H3. The van der Waals surface area contributed by atoms with Gasteiger partial charge in [-0.15, -0.1) is 0 Å². The Bertz CT molecular complexity index is 556. The molecule has 1 N–H and O–H groups in total. The Morgan fingerprint density at radius 1 is 1.37 bits per heavy atom. The summed E-state index contributed by atoms with van der Waals surface area (Å²) in [7, 11) is 2.18. The molecule has 1 saturated heterocycles. The summed E-state index contributed by atoms with van der Waals surface area (Å²) in [4.78, 5) is 6.86. The molecule has 0 spiro atoms. The normalized spacial score (nSPS) is 18.0. The zero-order valence-electron chi connectivity index (χ0n) is 11.6. The van der Waals surface area contributed by atoms with Crippen molar-refractivity contribution < 1.29 is 4.42 Å². The lowest BCUT2D eigenvalue weighted by Crippen LogP contribution is -2.36. The molecular weight excluding hydrogens is 238 g/mol. The van der Waals surface area contributed by atoms with Crippen LogP contribution in [0.15, 0.2) is 22.6 Å². The highest BCUT2D eigenvalue weighted by Crippen LogP contribution is 2.22. The Labute approximate surface area is 113 Å². The highest BCUT2D eigenvalue weighted by atomic mass is 16.3. The second-order valence-corrected chi connectivity index (χ2v) is 5.37. The van der Waals surface area contributed by atoms with Crippen molar-refractivity contribution in [2.75, 3.05) is 25.5 Å². The van der Waals surface area contributed by atoms with Crippen LogP contribution in [-0.4, -0.2) is 36.1 Å². The zero-order chi connectivity index (χ0) is 13.2. The van der Waals surface area contributed by atoms with E-state index in [-0.39, 0.29) is 0 Å². The summed E-state index contributed by atoms with van der Waals surface area (Å²) in [6.45, 7) is 4.40. The second kappa shape index (κ2) is 5.21. The third-order valence-corrected chi connectivity index (χ3v) is 3.82. The van der Waals surface area contributed by atoms with Crippen molar-refractivity contribution in [3.05, 3.63) is 24.1 Å². The highest BCUT2D eigenvalue weighted by Gasteiger charge is 2.16. The first-order valence-electron chi connectivity index (χ1n) is 7.09. The van der Waals surface area contributed by atoms with Gasteiger partial charge in [-0.05, 0) is 51.2 Å². The molecule has 1 aliphatic rings. The minimum atomic E-state index is 0.575. The Morgan fingerprint density at radius 3 is 2.89 bits per heavy atom. The number of hydrogen-bond acceptors (Lipinski definition) is 4. The number of aryl methyl sites for hydroxylation is 1. The molecule has 1 fully saturated rings. The monoisotopic (exact) mass is 259 g/mol. The van der Waals surface area contributed by atoms with Gasteiger partial charge in [0.05, 0.1) is 0 Å². The van der Waals surface area contributed by atoms with Crippen molar-refractivity contribution in [2.24, 2.45) is 0 Å². The first-order chi connectivity index (χ1) is 9.24. The molecule has 0 aliphatic carbocycles. The van der Waals surface area contributed by atoms with Crippen LogP contribution in [0.1, 0.15) is 25.7 Å². The summed E-state index contributed by atoms with van der Waals surface area (Å²) < 4.78 is 5.63. The molecule has 0 amide bonds. The summed E-state index contributed by atoms with van der Waals surface area (Å²) in [6.07, 6.45) is 3.24. The molecule has 4 heteroatoms. The molecule has 0 saturated carbocycles. The van der Waals surface area contributed by atoms with Crippen molar-refractivity contribution in [2.45, 2.75) is 32.2 Å². The van der Waals surface area contributed by atoms with Crippen LogP contribution in [0.3, 0.4) is 0 Å². The lowest BCUT2D eigenvalue weighted by atomic mass is 10.1.